The number of benzene rings is 6. The standard InChI is InChI=1S/C41H29NO2.2CH3.Zr/c43-40-30(28-14-3-1-4-15-28)22-11-24-36(40)32-18-7-9-20-34(32)38-26-13-27-39(42-38)35-21-10-8-19-33(35)37-25-12-23-31(41(37)44)29-16-5-2-6-17-29;;;/h1-27,43-44H;2*1H3;/q;2*-1;+2. The normalized spacial score (nSPS) is 10.2. The van der Waals surface area contributed by atoms with Gasteiger partial charge in [0.1, 0.15) is 11.5 Å². The van der Waals surface area contributed by atoms with Crippen LogP contribution in [0.2, 0.25) is 0 Å². The van der Waals surface area contributed by atoms with E-state index in [0.717, 1.165) is 67.0 Å². The minimum Gasteiger partial charge on any atom is -0.507 e. The summed E-state index contributed by atoms with van der Waals surface area (Å²) in [5.74, 6) is 0.475. The third-order valence-electron chi connectivity index (χ3n) is 7.98. The summed E-state index contributed by atoms with van der Waals surface area (Å²) in [7, 11) is 0. The Morgan fingerprint density at radius 3 is 1.00 bits per heavy atom. The van der Waals surface area contributed by atoms with Gasteiger partial charge < -0.3 is 25.1 Å². The van der Waals surface area contributed by atoms with Crippen molar-refractivity contribution in [1.82, 2.24) is 4.98 Å². The smallest absolute Gasteiger partial charge is 0.507 e. The number of hydrogen-bond donors (Lipinski definition) is 2. The molecule has 7 rings (SSSR count). The summed E-state index contributed by atoms with van der Waals surface area (Å²) in [6.45, 7) is 0. The first-order valence-corrected chi connectivity index (χ1v) is 14.6. The third-order valence-corrected chi connectivity index (χ3v) is 7.98. The van der Waals surface area contributed by atoms with Gasteiger partial charge in [-0.3, -0.25) is 0 Å². The van der Waals surface area contributed by atoms with E-state index >= 15 is 0 Å². The quantitative estimate of drug-likeness (QED) is 0.171. The summed E-state index contributed by atoms with van der Waals surface area (Å²) in [5, 5.41) is 22.9. The molecule has 4 heteroatoms. The van der Waals surface area contributed by atoms with E-state index in [1.807, 2.05) is 164 Å². The molecule has 0 saturated carbocycles. The summed E-state index contributed by atoms with van der Waals surface area (Å²) < 4.78 is 0. The van der Waals surface area contributed by atoms with Crippen LogP contribution in [0.25, 0.3) is 67.0 Å². The first-order valence-electron chi connectivity index (χ1n) is 14.6. The fourth-order valence-corrected chi connectivity index (χ4v) is 5.84. The van der Waals surface area contributed by atoms with Crippen LogP contribution < -0.4 is 0 Å². The van der Waals surface area contributed by atoms with Crippen LogP contribution in [0.4, 0.5) is 0 Å². The van der Waals surface area contributed by atoms with Crippen molar-refractivity contribution in [3.8, 4) is 78.5 Å². The first-order chi connectivity index (χ1) is 21.7. The summed E-state index contributed by atoms with van der Waals surface area (Å²) >= 11 is 0. The molecule has 0 unspecified atom stereocenters. The van der Waals surface area contributed by atoms with E-state index in [-0.39, 0.29) is 52.6 Å². The van der Waals surface area contributed by atoms with Gasteiger partial charge >= 0.3 is 26.2 Å². The Hall–Kier alpha value is -5.05. The molecule has 0 bridgehead atoms. The molecule has 6 aromatic carbocycles. The molecule has 0 aliphatic rings. The molecular weight excluding hydrogens is 654 g/mol. The second kappa shape index (κ2) is 15.5. The van der Waals surface area contributed by atoms with Gasteiger partial charge in [-0.25, -0.2) is 4.98 Å². The van der Waals surface area contributed by atoms with Gasteiger partial charge in [-0.1, -0.05) is 152 Å². The monoisotopic (exact) mass is 687 g/mol. The van der Waals surface area contributed by atoms with Gasteiger partial charge in [0.2, 0.25) is 0 Å². The third kappa shape index (κ3) is 6.89. The Morgan fingerprint density at radius 2 is 0.596 bits per heavy atom. The van der Waals surface area contributed by atoms with Gasteiger partial charge in [0, 0.05) is 33.4 Å². The van der Waals surface area contributed by atoms with Crippen LogP contribution in [-0.4, -0.2) is 15.2 Å². The maximum Gasteiger partial charge on any atom is 2.00 e. The maximum atomic E-state index is 11.4. The van der Waals surface area contributed by atoms with Gasteiger partial charge in [0.15, 0.2) is 0 Å². The number of nitrogens with zero attached hydrogens (tertiary/aromatic N) is 1. The zero-order valence-corrected chi connectivity index (χ0v) is 28.9. The summed E-state index contributed by atoms with van der Waals surface area (Å²) in [6, 6.07) is 53.6. The average Bonchev–Trinajstić information content (AvgIpc) is 3.09. The van der Waals surface area contributed by atoms with Crippen molar-refractivity contribution in [2.75, 3.05) is 0 Å². The number of phenols is 2. The number of pyridine rings is 1. The van der Waals surface area contributed by atoms with Crippen molar-refractivity contribution < 1.29 is 36.4 Å². The van der Waals surface area contributed by atoms with Crippen LogP contribution in [0.15, 0.2) is 164 Å². The van der Waals surface area contributed by atoms with Gasteiger partial charge in [-0.15, -0.1) is 0 Å². The predicted molar refractivity (Wildman–Crippen MR) is 193 cm³/mol. The summed E-state index contributed by atoms with van der Waals surface area (Å²) in [5.41, 5.74) is 10.2. The topological polar surface area (TPSA) is 53.4 Å². The molecule has 0 atom stereocenters. The number of phenolic OH excluding ortho intramolecular Hbond substituents is 2. The average molecular weight is 689 g/mol. The van der Waals surface area contributed by atoms with Crippen LogP contribution in [-0.2, 0) is 26.2 Å². The molecule has 3 nitrogen and oxygen atoms in total. The fourth-order valence-electron chi connectivity index (χ4n) is 5.84. The van der Waals surface area contributed by atoms with Crippen molar-refractivity contribution >= 4 is 0 Å². The van der Waals surface area contributed by atoms with Crippen LogP contribution >= 0.6 is 0 Å². The molecular formula is C43H35NO2Zr. The van der Waals surface area contributed by atoms with Crippen LogP contribution in [0.5, 0.6) is 11.5 Å². The number of rotatable bonds is 6. The van der Waals surface area contributed by atoms with Crippen molar-refractivity contribution in [3.05, 3.63) is 179 Å². The van der Waals surface area contributed by atoms with E-state index in [4.69, 9.17) is 4.98 Å². The second-order valence-corrected chi connectivity index (χ2v) is 10.6. The first kappa shape index (κ1) is 34.8. The zero-order valence-electron chi connectivity index (χ0n) is 26.4. The molecule has 47 heavy (non-hydrogen) atoms. The van der Waals surface area contributed by atoms with Crippen molar-refractivity contribution in [1.29, 1.82) is 0 Å². The Morgan fingerprint density at radius 1 is 0.298 bits per heavy atom. The molecule has 7 aromatic rings. The Balaban J connectivity index is 0.00000167. The minimum absolute atomic E-state index is 0. The predicted octanol–water partition coefficient (Wildman–Crippen LogP) is 11.4. The number of aromatic nitrogens is 1. The van der Waals surface area contributed by atoms with E-state index in [1.54, 1.807) is 0 Å². The number of aromatic hydroxyl groups is 2. The molecule has 0 saturated heterocycles. The van der Waals surface area contributed by atoms with Gasteiger partial charge in [-0.05, 0) is 34.4 Å². The Bertz CT molecular complexity index is 1940. The van der Waals surface area contributed by atoms with E-state index in [9.17, 15) is 10.2 Å². The van der Waals surface area contributed by atoms with Crippen LogP contribution in [0, 0.1) is 14.9 Å². The Kier molecular flexibility index (Phi) is 11.5. The molecule has 0 amide bonds. The molecule has 0 aliphatic carbocycles. The molecule has 2 N–H and O–H groups in total. The van der Waals surface area contributed by atoms with E-state index in [0.29, 0.717) is 0 Å². The number of hydrogen-bond acceptors (Lipinski definition) is 3. The summed E-state index contributed by atoms with van der Waals surface area (Å²) in [6.07, 6.45) is 0. The van der Waals surface area contributed by atoms with E-state index in [2.05, 4.69) is 0 Å². The molecule has 0 aliphatic heterocycles. The van der Waals surface area contributed by atoms with Gasteiger partial charge in [0.05, 0.1) is 11.4 Å². The SMILES string of the molecule is Oc1c(-c2ccccc2)cccc1-c1ccccc1-c1cccc(-c2ccccc2-c2cccc(-c3ccccc3)c2O)n1.[CH3-].[CH3-].[Zr+2]. The summed E-state index contributed by atoms with van der Waals surface area (Å²) in [4.78, 5) is 5.14. The van der Waals surface area contributed by atoms with Gasteiger partial charge in [0.25, 0.3) is 0 Å². The number of para-hydroxylation sites is 2. The molecule has 228 valence electrons. The second-order valence-electron chi connectivity index (χ2n) is 10.6. The van der Waals surface area contributed by atoms with Crippen LogP contribution in [0.3, 0.4) is 0 Å². The van der Waals surface area contributed by atoms with Gasteiger partial charge in [-0.2, -0.15) is 0 Å². The molecule has 1 heterocycles. The van der Waals surface area contributed by atoms with Crippen LogP contribution in [0.1, 0.15) is 0 Å². The largest absolute Gasteiger partial charge is 2.00 e. The molecule has 1 aromatic heterocycles. The molecule has 0 radical (unpaired) electrons. The minimum atomic E-state index is 0. The maximum absolute atomic E-state index is 11.4. The fraction of sp³-hybridized carbons (Fsp3) is 0. The molecule has 0 fully saturated rings. The molecule has 0 spiro atoms. The van der Waals surface area contributed by atoms with Crippen molar-refractivity contribution in [2.24, 2.45) is 0 Å². The van der Waals surface area contributed by atoms with Crippen molar-refractivity contribution in [2.45, 2.75) is 0 Å². The zero-order chi connectivity index (χ0) is 29.9. The van der Waals surface area contributed by atoms with E-state index in [1.165, 1.54) is 0 Å². The Labute approximate surface area is 297 Å². The van der Waals surface area contributed by atoms with E-state index < -0.39 is 0 Å². The van der Waals surface area contributed by atoms with Crippen molar-refractivity contribution in [3.63, 3.8) is 0 Å².